The summed E-state index contributed by atoms with van der Waals surface area (Å²) in [4.78, 5) is 0. The molecule has 7 aliphatic carbocycles. The van der Waals surface area contributed by atoms with Gasteiger partial charge in [-0.25, -0.2) is 0 Å². The predicted octanol–water partition coefficient (Wildman–Crippen LogP) is 27.4. The van der Waals surface area contributed by atoms with Gasteiger partial charge in [0.15, 0.2) is 0 Å². The van der Waals surface area contributed by atoms with Crippen LogP contribution in [-0.2, 0) is 34.6 Å². The van der Waals surface area contributed by atoms with Crippen LogP contribution in [0.2, 0.25) is 0 Å². The van der Waals surface area contributed by atoms with Gasteiger partial charge in [0.05, 0.1) is 0 Å². The Morgan fingerprint density at radius 1 is 0.270 bits per heavy atom. The van der Waals surface area contributed by atoms with Crippen LogP contribution >= 0.6 is 0 Å². The summed E-state index contributed by atoms with van der Waals surface area (Å²) in [5, 5.41) is 5.51. The second-order valence-electron chi connectivity index (χ2n) is 36.2. The van der Waals surface area contributed by atoms with E-state index in [1.54, 1.807) is 5.56 Å². The lowest BCUT2D eigenvalue weighted by molar-refractivity contribution is -0.634. The van der Waals surface area contributed by atoms with E-state index in [-0.39, 0.29) is 0 Å². The average Bonchev–Trinajstić information content (AvgIpc) is 1.56. The van der Waals surface area contributed by atoms with Crippen LogP contribution in [0.1, 0.15) is 302 Å². The van der Waals surface area contributed by atoms with Gasteiger partial charge in [-0.3, -0.25) is 0 Å². The summed E-state index contributed by atoms with van der Waals surface area (Å²) in [7, 11) is 8.97. The van der Waals surface area contributed by atoms with Crippen LogP contribution < -0.4 is 18.3 Å². The van der Waals surface area contributed by atoms with E-state index >= 15 is 0 Å². The number of aryl methyl sites for hydroxylation is 8. The van der Waals surface area contributed by atoms with Crippen LogP contribution in [-0.4, -0.2) is 0 Å². The SMILES string of the molecule is Cc1ccc(C2CCCC2)cc1-c1c(CC(C)C)cc2ccccc2[n+]1C.Cc1ccc(C2CCCC2)cc1-c1ccc2c(C3CCCC3)cccc2[n+]1C.Cc1ccc(C2CCCC2)cc1-c1ccc2cc(C3CCCC3)ccc2[n+]1C.Cc1ccc(C2CCCC2)cc1-c1ccc2ccc(C3CCCC3)cc2[n+]1C. The summed E-state index contributed by atoms with van der Waals surface area (Å²) < 4.78 is 9.67. The zero-order chi connectivity index (χ0) is 76.2. The lowest BCUT2D eigenvalue weighted by Gasteiger charge is -2.16. The van der Waals surface area contributed by atoms with Crippen molar-refractivity contribution in [3.8, 4) is 45.0 Å². The van der Waals surface area contributed by atoms with Gasteiger partial charge in [0.2, 0.25) is 44.8 Å². The fraction of sp³-hybridized carbons (Fsp3) is 0.439. The molecule has 4 heterocycles. The van der Waals surface area contributed by atoms with Gasteiger partial charge in [0.25, 0.3) is 0 Å². The van der Waals surface area contributed by atoms with Crippen molar-refractivity contribution < 1.29 is 18.3 Å². The molecule has 0 atom stereocenters. The fourth-order valence-corrected chi connectivity index (χ4v) is 21.9. The molecule has 0 amide bonds. The standard InChI is InChI=1S/3C27H32N.C26H32N/c1-19-14-15-22(20-8-3-4-9-20)18-25(19)27-17-16-24-23(21-10-5-6-11-21)12-7-13-26(24)28(27)2;1-19-11-12-23(21-9-5-6-10-21)18-25(19)27-16-14-24-17-22(20-7-3-4-8-20)13-15-26(24)28(27)2;1-19-11-12-23(20-7-3-4-8-20)17-25(19)26-16-15-22-13-14-24(18-27(22)28(26)2)21-9-5-6-10-21;1-18(2)15-23-16-22-11-7-8-12-25(22)27(4)26(23)24-17-21(14-13-19(24)3)20-9-5-6-10-20/h7,12-18,20-21H,3-6,8-11H2,1-2H3;2*11-18,20-21H,3-10H2,1-2H3;7-8,11-14,16-18,20H,5-6,9-10,15H2,1-4H3/q4*+1. The predicted molar refractivity (Wildman–Crippen MR) is 468 cm³/mol. The van der Waals surface area contributed by atoms with Crippen molar-refractivity contribution in [1.29, 1.82) is 0 Å². The molecular formula is C107H128N4+4. The van der Waals surface area contributed by atoms with Crippen LogP contribution in [0.25, 0.3) is 88.6 Å². The van der Waals surface area contributed by atoms with Crippen molar-refractivity contribution in [2.45, 2.75) is 269 Å². The Hall–Kier alpha value is -8.60. The van der Waals surface area contributed by atoms with E-state index in [1.165, 1.54) is 330 Å². The first-order valence-corrected chi connectivity index (χ1v) is 44.3. The smallest absolute Gasteiger partial charge is 0.194 e. The zero-order valence-electron chi connectivity index (χ0n) is 69.4. The number of para-hydroxylation sites is 1. The Morgan fingerprint density at radius 2 is 0.604 bits per heavy atom. The van der Waals surface area contributed by atoms with Crippen LogP contribution in [0, 0.1) is 33.6 Å². The van der Waals surface area contributed by atoms with Gasteiger partial charge in [-0.2, -0.15) is 18.3 Å². The van der Waals surface area contributed by atoms with E-state index in [0.29, 0.717) is 5.92 Å². The molecule has 111 heavy (non-hydrogen) atoms. The second kappa shape index (κ2) is 34.4. The van der Waals surface area contributed by atoms with E-state index in [1.807, 2.05) is 0 Å². The maximum Gasteiger partial charge on any atom is 0.216 e. The number of aromatic nitrogens is 4. The number of benzene rings is 8. The Labute approximate surface area is 666 Å². The van der Waals surface area contributed by atoms with E-state index in [9.17, 15) is 0 Å². The van der Waals surface area contributed by atoms with Gasteiger partial charge in [0.1, 0.15) is 28.2 Å². The van der Waals surface area contributed by atoms with E-state index in [2.05, 4.69) is 282 Å². The van der Waals surface area contributed by atoms with Crippen LogP contribution in [0.5, 0.6) is 0 Å². The Balaban J connectivity index is 0.000000112. The topological polar surface area (TPSA) is 15.5 Å². The third kappa shape index (κ3) is 16.5. The van der Waals surface area contributed by atoms with Crippen LogP contribution in [0.15, 0.2) is 194 Å². The third-order valence-electron chi connectivity index (χ3n) is 28.4. The van der Waals surface area contributed by atoms with Gasteiger partial charge in [-0.05, 0) is 299 Å². The first-order chi connectivity index (χ1) is 54.2. The summed E-state index contributed by atoms with van der Waals surface area (Å²) in [6.45, 7) is 13.7. The molecule has 4 heteroatoms. The van der Waals surface area contributed by atoms with E-state index in [0.717, 1.165) is 47.8 Å². The molecule has 572 valence electrons. The van der Waals surface area contributed by atoms with Gasteiger partial charge in [0, 0.05) is 91.8 Å². The molecule has 7 fully saturated rings. The molecule has 0 unspecified atom stereocenters. The molecule has 12 aromatic rings. The first-order valence-electron chi connectivity index (χ1n) is 44.3. The highest BCUT2D eigenvalue weighted by Gasteiger charge is 2.31. The molecule has 4 aromatic heterocycles. The van der Waals surface area contributed by atoms with Crippen molar-refractivity contribution in [3.05, 3.63) is 261 Å². The minimum atomic E-state index is 0.642. The molecule has 0 radical (unpaired) electrons. The quantitative estimate of drug-likeness (QED) is 0.102. The highest BCUT2D eigenvalue weighted by molar-refractivity contribution is 5.84. The third-order valence-corrected chi connectivity index (χ3v) is 28.4. The van der Waals surface area contributed by atoms with Crippen molar-refractivity contribution in [2.75, 3.05) is 0 Å². The number of fused-ring (bicyclic) bond motifs is 4. The first kappa shape index (κ1) is 76.4. The Bertz CT molecular complexity index is 5220. The summed E-state index contributed by atoms with van der Waals surface area (Å²) in [5.41, 5.74) is 34.2. The number of nitrogens with zero attached hydrogens (tertiary/aromatic N) is 4. The minimum absolute atomic E-state index is 0.642. The summed E-state index contributed by atoms with van der Waals surface area (Å²) in [5.74, 6) is 5.98. The number of rotatable bonds is 13. The number of pyridine rings is 4. The van der Waals surface area contributed by atoms with Crippen molar-refractivity contribution in [1.82, 2.24) is 0 Å². The molecule has 7 saturated carbocycles. The molecule has 4 nitrogen and oxygen atoms in total. The largest absolute Gasteiger partial charge is 0.216 e. The van der Waals surface area contributed by atoms with Crippen LogP contribution in [0.4, 0.5) is 0 Å². The summed E-state index contributed by atoms with van der Waals surface area (Å²) in [6, 6.07) is 75.3. The fourth-order valence-electron chi connectivity index (χ4n) is 21.9. The number of hydrogen-bond donors (Lipinski definition) is 0. The molecule has 0 saturated heterocycles. The van der Waals surface area contributed by atoms with E-state index in [4.69, 9.17) is 0 Å². The highest BCUT2D eigenvalue weighted by Crippen LogP contribution is 2.44. The Morgan fingerprint density at radius 3 is 1.07 bits per heavy atom. The summed E-state index contributed by atoms with van der Waals surface area (Å²) >= 11 is 0. The van der Waals surface area contributed by atoms with Gasteiger partial charge >= 0.3 is 0 Å². The molecule has 0 spiro atoms. The maximum absolute atomic E-state index is 2.50. The minimum Gasteiger partial charge on any atom is -0.194 e. The van der Waals surface area contributed by atoms with Gasteiger partial charge < -0.3 is 0 Å². The lowest BCUT2D eigenvalue weighted by atomic mass is 9.89. The molecule has 19 rings (SSSR count). The number of hydrogen-bond acceptors (Lipinski definition) is 0. The normalized spacial score (nSPS) is 17.6. The average molecular weight is 1470 g/mol. The van der Waals surface area contributed by atoms with Crippen LogP contribution in [0.3, 0.4) is 0 Å². The molecule has 0 aliphatic heterocycles. The Kier molecular flexibility index (Phi) is 23.7. The lowest BCUT2D eigenvalue weighted by Crippen LogP contribution is -2.34. The molecule has 0 N–H and O–H groups in total. The van der Waals surface area contributed by atoms with E-state index < -0.39 is 0 Å². The molecular weight excluding hydrogens is 1340 g/mol. The second-order valence-corrected chi connectivity index (χ2v) is 36.2. The zero-order valence-corrected chi connectivity index (χ0v) is 69.4. The van der Waals surface area contributed by atoms with Gasteiger partial charge in [-0.1, -0.05) is 189 Å². The maximum atomic E-state index is 2.50. The molecule has 8 aromatic carbocycles. The highest BCUT2D eigenvalue weighted by atomic mass is 15.0. The molecule has 0 bridgehead atoms. The summed E-state index contributed by atoms with van der Waals surface area (Å²) in [6.07, 6.45) is 39.6. The monoisotopic (exact) mass is 1470 g/mol. The van der Waals surface area contributed by atoms with Gasteiger partial charge in [-0.15, -0.1) is 0 Å². The van der Waals surface area contributed by atoms with Crippen molar-refractivity contribution in [3.63, 3.8) is 0 Å². The molecule has 7 aliphatic rings. The van der Waals surface area contributed by atoms with Crippen molar-refractivity contribution >= 4 is 43.6 Å². The van der Waals surface area contributed by atoms with Crippen molar-refractivity contribution in [2.24, 2.45) is 34.1 Å².